The quantitative estimate of drug-likeness (QED) is 0.480. The molecule has 0 aromatic rings. The molecule has 2 unspecified atom stereocenters. The minimum atomic E-state index is -0.818. The van der Waals surface area contributed by atoms with Gasteiger partial charge in [-0.3, -0.25) is 14.4 Å². The van der Waals surface area contributed by atoms with Crippen molar-refractivity contribution in [3.05, 3.63) is 0 Å². The van der Waals surface area contributed by atoms with Crippen molar-refractivity contribution < 1.29 is 28.6 Å². The number of carbonyl (C=O) groups is 3. The van der Waals surface area contributed by atoms with E-state index in [0.29, 0.717) is 17.7 Å². The minimum Gasteiger partial charge on any atom is -0.474 e. The molecule has 0 fully saturated rings. The first kappa shape index (κ1) is 28.8. The molecule has 0 aromatic carbocycles. The SMILES string of the molecule is CC(C)[C@@H]1NC(=O)C2N=C(O[C@@H]2C)[C@H](C(C)C)NC(=O)[C@H]2N=C(O[C@@H]2C)[C@H](C(C)C)NC(=O)C2N=C1O[C@@H]2C. The summed E-state index contributed by atoms with van der Waals surface area (Å²) in [6.07, 6.45) is -1.62. The van der Waals surface area contributed by atoms with Crippen LogP contribution in [0.3, 0.4) is 0 Å². The molecule has 39 heavy (non-hydrogen) atoms. The normalized spacial score (nSPS) is 37.1. The van der Waals surface area contributed by atoms with E-state index in [4.69, 9.17) is 14.2 Å². The standard InChI is InChI=1S/C27H42N6O6/c1-10(2)16-25-31-20(13(7)37-25)23(35)29-18(12(5)6)27-33-21(15(9)39-27)24(36)30-17(11(3)4)26-32-19(14(8)38-26)22(34)28-16/h10-21H,1-9H3,(H,28,34)(H,29,35)(H,30,36)/t13-,14-,15-,16+,17+,18+,19+,20?,21?/m1/s1. The summed E-state index contributed by atoms with van der Waals surface area (Å²) in [6.45, 7) is 17.0. The van der Waals surface area contributed by atoms with Crippen LogP contribution in [0.4, 0.5) is 0 Å². The molecule has 3 amide bonds. The van der Waals surface area contributed by atoms with Crippen LogP contribution in [0.15, 0.2) is 15.0 Å². The Morgan fingerprint density at radius 1 is 0.513 bits per heavy atom. The molecular weight excluding hydrogens is 504 g/mol. The summed E-state index contributed by atoms with van der Waals surface area (Å²) in [4.78, 5) is 54.0. The minimum absolute atomic E-state index is 0.0702. The predicted molar refractivity (Wildman–Crippen MR) is 146 cm³/mol. The fourth-order valence-electron chi connectivity index (χ4n) is 5.11. The highest BCUT2D eigenvalue weighted by atomic mass is 16.5. The Bertz CT molecular complexity index is 952. The van der Waals surface area contributed by atoms with E-state index in [1.54, 1.807) is 20.8 Å². The number of hydrogen-bond donors (Lipinski definition) is 3. The van der Waals surface area contributed by atoms with Gasteiger partial charge in [0.25, 0.3) is 0 Å². The van der Waals surface area contributed by atoms with Crippen LogP contribution < -0.4 is 16.0 Å². The van der Waals surface area contributed by atoms with Crippen LogP contribution in [-0.2, 0) is 28.6 Å². The molecule has 0 saturated heterocycles. The monoisotopic (exact) mass is 546 g/mol. The molecule has 3 N–H and O–H groups in total. The molecule has 12 nitrogen and oxygen atoms in total. The van der Waals surface area contributed by atoms with Gasteiger partial charge in [0.1, 0.15) is 36.4 Å². The van der Waals surface area contributed by atoms with Crippen molar-refractivity contribution in [1.82, 2.24) is 16.0 Å². The zero-order valence-corrected chi connectivity index (χ0v) is 24.2. The van der Waals surface area contributed by atoms with E-state index in [1.165, 1.54) is 0 Å². The van der Waals surface area contributed by atoms with Crippen LogP contribution in [0, 0.1) is 17.8 Å². The molecule has 0 aliphatic carbocycles. The van der Waals surface area contributed by atoms with E-state index in [1.807, 2.05) is 41.5 Å². The van der Waals surface area contributed by atoms with Crippen molar-refractivity contribution in [3.8, 4) is 0 Å². The third-order valence-electron chi connectivity index (χ3n) is 7.55. The number of nitrogens with zero attached hydrogens (tertiary/aromatic N) is 3. The molecule has 4 heterocycles. The van der Waals surface area contributed by atoms with E-state index in [2.05, 4.69) is 30.9 Å². The van der Waals surface area contributed by atoms with Crippen molar-refractivity contribution >= 4 is 35.4 Å². The predicted octanol–water partition coefficient (Wildman–Crippen LogP) is 0.980. The lowest BCUT2D eigenvalue weighted by molar-refractivity contribution is -0.125. The summed E-state index contributed by atoms with van der Waals surface area (Å²) in [5, 5.41) is 9.03. The van der Waals surface area contributed by atoms with Gasteiger partial charge in [0.05, 0.1) is 0 Å². The largest absolute Gasteiger partial charge is 0.474 e. The van der Waals surface area contributed by atoms with Crippen molar-refractivity contribution in [2.24, 2.45) is 32.7 Å². The van der Waals surface area contributed by atoms with Gasteiger partial charge in [-0.15, -0.1) is 0 Å². The number of hydrogen-bond acceptors (Lipinski definition) is 9. The molecule has 0 aromatic heterocycles. The number of amides is 3. The van der Waals surface area contributed by atoms with Crippen LogP contribution in [0.5, 0.6) is 0 Å². The molecule has 0 spiro atoms. The fourth-order valence-corrected chi connectivity index (χ4v) is 5.11. The topological polar surface area (TPSA) is 152 Å². The van der Waals surface area contributed by atoms with Gasteiger partial charge in [-0.05, 0) is 38.5 Å². The highest BCUT2D eigenvalue weighted by molar-refractivity contribution is 5.99. The average Bonchev–Trinajstić information content (AvgIpc) is 3.54. The van der Waals surface area contributed by atoms with Crippen LogP contribution in [0.2, 0.25) is 0 Å². The third-order valence-corrected chi connectivity index (χ3v) is 7.55. The number of nitrogens with one attached hydrogen (secondary N) is 3. The second-order valence-electron chi connectivity index (χ2n) is 11.9. The van der Waals surface area contributed by atoms with Crippen LogP contribution in [-0.4, -0.2) is 90.0 Å². The van der Waals surface area contributed by atoms with E-state index in [0.717, 1.165) is 0 Å². The number of fused-ring (bicyclic) bond motifs is 3. The van der Waals surface area contributed by atoms with Gasteiger partial charge in [-0.2, -0.15) is 0 Å². The highest BCUT2D eigenvalue weighted by Crippen LogP contribution is 2.25. The van der Waals surface area contributed by atoms with Gasteiger partial charge in [0, 0.05) is 0 Å². The summed E-state index contributed by atoms with van der Waals surface area (Å²) in [6, 6.07) is -4.14. The third kappa shape index (κ3) is 5.74. The lowest BCUT2D eigenvalue weighted by Crippen LogP contribution is -2.49. The highest BCUT2D eigenvalue weighted by Gasteiger charge is 2.45. The first-order valence-corrected chi connectivity index (χ1v) is 13.9. The van der Waals surface area contributed by atoms with Crippen molar-refractivity contribution in [1.29, 1.82) is 0 Å². The Balaban J connectivity index is 1.76. The lowest BCUT2D eigenvalue weighted by Gasteiger charge is -2.24. The van der Waals surface area contributed by atoms with Crippen LogP contribution in [0.1, 0.15) is 62.3 Å². The molecule has 0 radical (unpaired) electrons. The van der Waals surface area contributed by atoms with Crippen LogP contribution in [0.25, 0.3) is 0 Å². The lowest BCUT2D eigenvalue weighted by atomic mass is 10.0. The second kappa shape index (κ2) is 11.1. The Morgan fingerprint density at radius 2 is 0.744 bits per heavy atom. The number of ether oxygens (including phenoxy) is 3. The Kier molecular flexibility index (Phi) is 8.22. The molecule has 4 aliphatic heterocycles. The van der Waals surface area contributed by atoms with Gasteiger partial charge >= 0.3 is 0 Å². The zero-order chi connectivity index (χ0) is 28.8. The van der Waals surface area contributed by atoms with E-state index in [9.17, 15) is 14.4 Å². The molecule has 216 valence electrons. The van der Waals surface area contributed by atoms with Crippen LogP contribution >= 0.6 is 0 Å². The average molecular weight is 547 g/mol. The smallest absolute Gasteiger partial charge is 0.249 e. The second-order valence-corrected chi connectivity index (χ2v) is 11.9. The summed E-state index contributed by atoms with van der Waals surface area (Å²) < 4.78 is 18.0. The van der Waals surface area contributed by atoms with Gasteiger partial charge in [0.2, 0.25) is 35.4 Å². The summed E-state index contributed by atoms with van der Waals surface area (Å²) in [7, 11) is 0. The Hall–Kier alpha value is -3.18. The fraction of sp³-hybridized carbons (Fsp3) is 0.778. The number of carbonyl (C=O) groups excluding carboxylic acids is 3. The van der Waals surface area contributed by atoms with Crippen molar-refractivity contribution in [2.45, 2.75) is 117 Å². The number of aliphatic imine (C=N–C) groups is 3. The van der Waals surface area contributed by atoms with E-state index < -0.39 is 54.6 Å². The maximum absolute atomic E-state index is 13.4. The molecule has 6 bridgehead atoms. The van der Waals surface area contributed by atoms with Crippen molar-refractivity contribution in [3.63, 3.8) is 0 Å². The molecule has 0 saturated carbocycles. The molecule has 12 heteroatoms. The number of rotatable bonds is 3. The summed E-state index contributed by atoms with van der Waals surface area (Å²) in [5.41, 5.74) is 0. The first-order valence-electron chi connectivity index (χ1n) is 13.9. The Labute approximate surface area is 229 Å². The van der Waals surface area contributed by atoms with E-state index >= 15 is 0 Å². The molecular formula is C27H42N6O6. The van der Waals surface area contributed by atoms with Crippen molar-refractivity contribution in [2.75, 3.05) is 0 Å². The van der Waals surface area contributed by atoms with Gasteiger partial charge in [-0.1, -0.05) is 41.5 Å². The van der Waals surface area contributed by atoms with Gasteiger partial charge in [-0.25, -0.2) is 15.0 Å². The Morgan fingerprint density at radius 3 is 0.949 bits per heavy atom. The molecule has 4 aliphatic rings. The zero-order valence-electron chi connectivity index (χ0n) is 24.2. The maximum atomic E-state index is 13.4. The molecule has 4 rings (SSSR count). The maximum Gasteiger partial charge on any atom is 0.249 e. The van der Waals surface area contributed by atoms with Gasteiger partial charge < -0.3 is 30.2 Å². The summed E-state index contributed by atoms with van der Waals surface area (Å²) in [5.74, 6) is -0.323. The molecule has 9 atom stereocenters. The summed E-state index contributed by atoms with van der Waals surface area (Å²) >= 11 is 0. The van der Waals surface area contributed by atoms with E-state index in [-0.39, 0.29) is 35.5 Å². The van der Waals surface area contributed by atoms with Gasteiger partial charge in [0.15, 0.2) is 18.1 Å². The first-order chi connectivity index (χ1) is 18.3.